The first-order valence-electron chi connectivity index (χ1n) is 8.61. The summed E-state index contributed by atoms with van der Waals surface area (Å²) >= 11 is 0. The van der Waals surface area contributed by atoms with Gasteiger partial charge >= 0.3 is 0 Å². The van der Waals surface area contributed by atoms with Crippen LogP contribution in [0.2, 0.25) is 0 Å². The van der Waals surface area contributed by atoms with Crippen LogP contribution in [-0.4, -0.2) is 44.1 Å². The van der Waals surface area contributed by atoms with Gasteiger partial charge in [-0.05, 0) is 32.9 Å². The van der Waals surface area contributed by atoms with Crippen LogP contribution in [0.5, 0.6) is 5.75 Å². The van der Waals surface area contributed by atoms with Crippen LogP contribution in [0.25, 0.3) is 0 Å². The van der Waals surface area contributed by atoms with Gasteiger partial charge in [0.2, 0.25) is 5.91 Å². The molecule has 0 spiro atoms. The predicted octanol–water partition coefficient (Wildman–Crippen LogP) is 2.54. The Bertz CT molecular complexity index is 495. The summed E-state index contributed by atoms with van der Waals surface area (Å²) in [5.41, 5.74) is 0. The minimum absolute atomic E-state index is 0. The standard InChI is InChI=1S/C18H30N4O2.HI/c1-4-19-18(21-13-11-17(23)22-15(2)3)20-12-8-14-24-16-9-6-5-7-10-16;/h5-7,9-10,15H,4,8,11-14H2,1-3H3,(H,22,23)(H2,19,20,21);1H. The van der Waals surface area contributed by atoms with Gasteiger partial charge in [0.25, 0.3) is 0 Å². The molecule has 0 unspecified atom stereocenters. The summed E-state index contributed by atoms with van der Waals surface area (Å²) in [6.07, 6.45) is 1.26. The van der Waals surface area contributed by atoms with Gasteiger partial charge in [-0.25, -0.2) is 0 Å². The third kappa shape index (κ3) is 12.5. The van der Waals surface area contributed by atoms with Crippen molar-refractivity contribution in [3.05, 3.63) is 30.3 Å². The Morgan fingerprint density at radius 3 is 2.56 bits per heavy atom. The summed E-state index contributed by atoms with van der Waals surface area (Å²) in [6, 6.07) is 9.93. The van der Waals surface area contributed by atoms with Gasteiger partial charge in [-0.15, -0.1) is 24.0 Å². The molecule has 0 aromatic heterocycles. The fourth-order valence-corrected chi connectivity index (χ4v) is 1.99. The maximum absolute atomic E-state index is 11.6. The number of guanidine groups is 1. The second kappa shape index (κ2) is 14.8. The number of benzene rings is 1. The molecule has 6 nitrogen and oxygen atoms in total. The summed E-state index contributed by atoms with van der Waals surface area (Å²) in [6.45, 7) is 8.56. The van der Waals surface area contributed by atoms with E-state index in [4.69, 9.17) is 4.74 Å². The lowest BCUT2D eigenvalue weighted by molar-refractivity contribution is -0.121. The van der Waals surface area contributed by atoms with Crippen molar-refractivity contribution in [2.24, 2.45) is 4.99 Å². The molecule has 0 aliphatic carbocycles. The first kappa shape index (κ1) is 23.5. The molecule has 0 aliphatic rings. The van der Waals surface area contributed by atoms with E-state index in [9.17, 15) is 4.79 Å². The fraction of sp³-hybridized carbons (Fsp3) is 0.556. The molecule has 1 aromatic carbocycles. The summed E-state index contributed by atoms with van der Waals surface area (Å²) in [7, 11) is 0. The monoisotopic (exact) mass is 462 g/mol. The third-order valence-corrected chi connectivity index (χ3v) is 3.02. The van der Waals surface area contributed by atoms with Crippen molar-refractivity contribution in [2.75, 3.05) is 26.2 Å². The minimum atomic E-state index is 0. The topological polar surface area (TPSA) is 74.8 Å². The van der Waals surface area contributed by atoms with Crippen LogP contribution >= 0.6 is 24.0 Å². The molecule has 1 aromatic rings. The van der Waals surface area contributed by atoms with E-state index in [1.165, 1.54) is 0 Å². The van der Waals surface area contributed by atoms with E-state index in [2.05, 4.69) is 20.9 Å². The number of carbonyl (C=O) groups is 1. The number of ether oxygens (including phenoxy) is 1. The number of aliphatic imine (C=N–C) groups is 1. The second-order valence-electron chi connectivity index (χ2n) is 5.67. The molecule has 0 aliphatic heterocycles. The lowest BCUT2D eigenvalue weighted by atomic mass is 10.3. The molecule has 3 N–H and O–H groups in total. The molecule has 25 heavy (non-hydrogen) atoms. The average Bonchev–Trinajstić information content (AvgIpc) is 2.54. The molecule has 1 amide bonds. The van der Waals surface area contributed by atoms with E-state index in [1.54, 1.807) is 0 Å². The van der Waals surface area contributed by atoms with E-state index in [0.717, 1.165) is 24.7 Å². The number of hydrogen-bond acceptors (Lipinski definition) is 3. The Balaban J connectivity index is 0.00000576. The molecule has 0 saturated carbocycles. The average molecular weight is 462 g/mol. The van der Waals surface area contributed by atoms with Crippen molar-refractivity contribution < 1.29 is 9.53 Å². The molecule has 0 saturated heterocycles. The van der Waals surface area contributed by atoms with Crippen LogP contribution in [0, 0.1) is 0 Å². The highest BCUT2D eigenvalue weighted by Crippen LogP contribution is 2.08. The van der Waals surface area contributed by atoms with Crippen LogP contribution in [0.15, 0.2) is 35.3 Å². The van der Waals surface area contributed by atoms with Gasteiger partial charge in [-0.1, -0.05) is 18.2 Å². The van der Waals surface area contributed by atoms with E-state index in [0.29, 0.717) is 26.1 Å². The number of halogens is 1. The molecule has 0 radical (unpaired) electrons. The summed E-state index contributed by atoms with van der Waals surface area (Å²) in [5, 5.41) is 9.21. The fourth-order valence-electron chi connectivity index (χ4n) is 1.99. The van der Waals surface area contributed by atoms with E-state index >= 15 is 0 Å². The Hall–Kier alpha value is -1.51. The molecule has 0 atom stereocenters. The maximum atomic E-state index is 11.6. The third-order valence-electron chi connectivity index (χ3n) is 3.02. The van der Waals surface area contributed by atoms with Crippen molar-refractivity contribution in [1.29, 1.82) is 0 Å². The number of para-hydroxylation sites is 1. The Morgan fingerprint density at radius 1 is 1.20 bits per heavy atom. The highest BCUT2D eigenvalue weighted by molar-refractivity contribution is 14.0. The van der Waals surface area contributed by atoms with Gasteiger partial charge in [0.05, 0.1) is 6.61 Å². The highest BCUT2D eigenvalue weighted by atomic mass is 127. The highest BCUT2D eigenvalue weighted by Gasteiger charge is 2.03. The van der Waals surface area contributed by atoms with Crippen LogP contribution in [0.1, 0.15) is 33.6 Å². The SMILES string of the molecule is CCNC(=NCCCOc1ccccc1)NCCC(=O)NC(C)C.I. The molecule has 142 valence electrons. The van der Waals surface area contributed by atoms with Crippen molar-refractivity contribution >= 4 is 35.8 Å². The van der Waals surface area contributed by atoms with E-state index < -0.39 is 0 Å². The van der Waals surface area contributed by atoms with Gasteiger partial charge < -0.3 is 20.7 Å². The van der Waals surface area contributed by atoms with Crippen molar-refractivity contribution in [3.63, 3.8) is 0 Å². The zero-order valence-electron chi connectivity index (χ0n) is 15.4. The van der Waals surface area contributed by atoms with E-state index in [1.807, 2.05) is 51.1 Å². The van der Waals surface area contributed by atoms with Gasteiger partial charge in [0.1, 0.15) is 5.75 Å². The quantitative estimate of drug-likeness (QED) is 0.216. The van der Waals surface area contributed by atoms with Gasteiger partial charge in [0.15, 0.2) is 5.96 Å². The maximum Gasteiger partial charge on any atom is 0.221 e. The van der Waals surface area contributed by atoms with Crippen molar-refractivity contribution in [2.45, 2.75) is 39.7 Å². The lowest BCUT2D eigenvalue weighted by Gasteiger charge is -2.12. The van der Waals surface area contributed by atoms with Gasteiger partial charge in [-0.3, -0.25) is 9.79 Å². The number of nitrogens with one attached hydrogen (secondary N) is 3. The zero-order chi connectivity index (χ0) is 17.6. The van der Waals surface area contributed by atoms with Crippen molar-refractivity contribution in [1.82, 2.24) is 16.0 Å². The first-order chi connectivity index (χ1) is 11.6. The Morgan fingerprint density at radius 2 is 1.92 bits per heavy atom. The number of amides is 1. The molecule has 7 heteroatoms. The van der Waals surface area contributed by atoms with Crippen LogP contribution < -0.4 is 20.7 Å². The lowest BCUT2D eigenvalue weighted by Crippen LogP contribution is -2.40. The predicted molar refractivity (Wildman–Crippen MR) is 114 cm³/mol. The summed E-state index contributed by atoms with van der Waals surface area (Å²) in [5.74, 6) is 1.65. The summed E-state index contributed by atoms with van der Waals surface area (Å²) in [4.78, 5) is 16.1. The van der Waals surface area contributed by atoms with Crippen LogP contribution in [0.3, 0.4) is 0 Å². The molecule has 0 bridgehead atoms. The van der Waals surface area contributed by atoms with E-state index in [-0.39, 0.29) is 35.9 Å². The number of carbonyl (C=O) groups excluding carboxylic acids is 1. The number of hydrogen-bond donors (Lipinski definition) is 3. The van der Waals surface area contributed by atoms with Gasteiger partial charge in [-0.2, -0.15) is 0 Å². The second-order valence-corrected chi connectivity index (χ2v) is 5.67. The molecule has 0 heterocycles. The number of nitrogens with zero attached hydrogens (tertiary/aromatic N) is 1. The van der Waals surface area contributed by atoms with Gasteiger partial charge in [0, 0.05) is 38.5 Å². The molecular formula is C18H31IN4O2. The first-order valence-corrected chi connectivity index (χ1v) is 8.61. The Labute approximate surface area is 168 Å². The molecular weight excluding hydrogens is 431 g/mol. The van der Waals surface area contributed by atoms with Crippen molar-refractivity contribution in [3.8, 4) is 5.75 Å². The molecule has 1 rings (SSSR count). The normalized spacial score (nSPS) is 10.8. The Kier molecular flexibility index (Phi) is 13.9. The smallest absolute Gasteiger partial charge is 0.221 e. The minimum Gasteiger partial charge on any atom is -0.494 e. The zero-order valence-corrected chi connectivity index (χ0v) is 17.7. The van der Waals surface area contributed by atoms with Crippen LogP contribution in [-0.2, 0) is 4.79 Å². The number of rotatable bonds is 10. The van der Waals surface area contributed by atoms with Crippen LogP contribution in [0.4, 0.5) is 0 Å². The summed E-state index contributed by atoms with van der Waals surface area (Å²) < 4.78 is 5.63. The largest absolute Gasteiger partial charge is 0.494 e. The molecule has 0 fully saturated rings.